The number of carbonyl (C=O) groups is 1. The van der Waals surface area contributed by atoms with Crippen molar-refractivity contribution in [2.45, 2.75) is 25.4 Å². The third kappa shape index (κ3) is 6.36. The molecule has 0 spiro atoms. The van der Waals surface area contributed by atoms with Crippen molar-refractivity contribution in [3.63, 3.8) is 0 Å². The van der Waals surface area contributed by atoms with Crippen LogP contribution in [0.4, 0.5) is 17.6 Å². The smallest absolute Gasteiger partial charge is 0.389 e. The van der Waals surface area contributed by atoms with Crippen molar-refractivity contribution in [1.29, 1.82) is 0 Å². The molecular formula is C14H14F4O2. The summed E-state index contributed by atoms with van der Waals surface area (Å²) in [5.41, 5.74) is 0.252. The molecule has 0 N–H and O–H groups in total. The summed E-state index contributed by atoms with van der Waals surface area (Å²) in [7, 11) is 0. The van der Waals surface area contributed by atoms with Crippen molar-refractivity contribution in [1.82, 2.24) is 0 Å². The summed E-state index contributed by atoms with van der Waals surface area (Å²) in [6.45, 7) is -1.04. The first-order valence-corrected chi connectivity index (χ1v) is 6.01. The van der Waals surface area contributed by atoms with E-state index >= 15 is 0 Å². The maximum absolute atomic E-state index is 12.6. The van der Waals surface area contributed by atoms with Crippen molar-refractivity contribution in [2.24, 2.45) is 0 Å². The number of alkyl halides is 4. The number of hydrogen-bond acceptors (Lipinski definition) is 2. The fourth-order valence-corrected chi connectivity index (χ4v) is 1.44. The molecule has 0 heterocycles. The molecule has 0 radical (unpaired) electrons. The number of unbranched alkanes of at least 4 members (excludes halogenated alkanes) is 1. The maximum Gasteiger partial charge on any atom is 0.389 e. The van der Waals surface area contributed by atoms with Crippen molar-refractivity contribution in [3.8, 4) is 0 Å². The van der Waals surface area contributed by atoms with Crippen molar-refractivity contribution >= 4 is 5.97 Å². The first kappa shape index (κ1) is 16.2. The molecule has 1 aromatic rings. The molecule has 0 aliphatic rings. The van der Waals surface area contributed by atoms with E-state index in [9.17, 15) is 22.4 Å². The Hall–Kier alpha value is -1.85. The van der Waals surface area contributed by atoms with Crippen LogP contribution in [-0.2, 0) is 4.74 Å². The molecule has 0 atom stereocenters. The van der Waals surface area contributed by atoms with Gasteiger partial charge in [0.2, 0.25) is 0 Å². The van der Waals surface area contributed by atoms with Gasteiger partial charge in [-0.15, -0.1) is 0 Å². The number of esters is 1. The van der Waals surface area contributed by atoms with Crippen LogP contribution in [-0.4, -0.2) is 18.8 Å². The minimum Gasteiger partial charge on any atom is -0.425 e. The fourth-order valence-electron chi connectivity index (χ4n) is 1.44. The van der Waals surface area contributed by atoms with Crippen molar-refractivity contribution in [3.05, 3.63) is 47.7 Å². The predicted molar refractivity (Wildman–Crippen MR) is 65.8 cm³/mol. The van der Waals surface area contributed by atoms with E-state index in [4.69, 9.17) is 4.74 Å². The maximum atomic E-state index is 12.6. The van der Waals surface area contributed by atoms with E-state index in [0.29, 0.717) is 0 Å². The summed E-state index contributed by atoms with van der Waals surface area (Å²) >= 11 is 0. The zero-order valence-electron chi connectivity index (χ0n) is 10.6. The summed E-state index contributed by atoms with van der Waals surface area (Å²) in [6.07, 6.45) is -4.18. The van der Waals surface area contributed by atoms with Gasteiger partial charge in [-0.25, -0.2) is 9.18 Å². The number of rotatable bonds is 6. The number of benzene rings is 1. The van der Waals surface area contributed by atoms with E-state index in [2.05, 4.69) is 0 Å². The molecule has 1 rings (SSSR count). The van der Waals surface area contributed by atoms with Crippen LogP contribution >= 0.6 is 0 Å². The number of ether oxygens (including phenoxy) is 1. The highest BCUT2D eigenvalue weighted by molar-refractivity contribution is 5.89. The van der Waals surface area contributed by atoms with Crippen molar-refractivity contribution < 1.29 is 27.1 Å². The third-order valence-electron chi connectivity index (χ3n) is 2.40. The summed E-state index contributed by atoms with van der Waals surface area (Å²) in [5, 5.41) is 0. The van der Waals surface area contributed by atoms with Gasteiger partial charge in [-0.05, 0) is 31.1 Å². The molecule has 0 aromatic heterocycles. The van der Waals surface area contributed by atoms with E-state index < -0.39 is 25.2 Å². The van der Waals surface area contributed by atoms with E-state index in [1.807, 2.05) is 0 Å². The lowest BCUT2D eigenvalue weighted by molar-refractivity contribution is -0.135. The molecule has 20 heavy (non-hydrogen) atoms. The molecule has 0 amide bonds. The van der Waals surface area contributed by atoms with Crippen LogP contribution in [0, 0.1) is 0 Å². The second kappa shape index (κ2) is 7.67. The molecule has 110 valence electrons. The molecule has 0 aliphatic heterocycles. The van der Waals surface area contributed by atoms with Gasteiger partial charge in [0.1, 0.15) is 12.4 Å². The third-order valence-corrected chi connectivity index (χ3v) is 2.40. The summed E-state index contributed by atoms with van der Waals surface area (Å²) in [5.74, 6) is -0.994. The van der Waals surface area contributed by atoms with Crippen molar-refractivity contribution in [2.75, 3.05) is 6.67 Å². The van der Waals surface area contributed by atoms with Crippen LogP contribution in [0.2, 0.25) is 0 Å². The van der Waals surface area contributed by atoms with Crippen LogP contribution in [0.25, 0.3) is 0 Å². The van der Waals surface area contributed by atoms with Gasteiger partial charge in [0, 0.05) is 6.42 Å². The Labute approximate surface area is 114 Å². The second-order valence-electron chi connectivity index (χ2n) is 4.07. The molecule has 6 heteroatoms. The van der Waals surface area contributed by atoms with E-state index in [0.717, 1.165) is 0 Å². The van der Waals surface area contributed by atoms with Gasteiger partial charge in [-0.1, -0.05) is 18.2 Å². The summed E-state index contributed by atoms with van der Waals surface area (Å²) < 4.78 is 53.2. The topological polar surface area (TPSA) is 26.3 Å². The Morgan fingerprint density at radius 3 is 2.40 bits per heavy atom. The predicted octanol–water partition coefficient (Wildman–Crippen LogP) is 4.43. The van der Waals surface area contributed by atoms with E-state index in [1.54, 1.807) is 18.2 Å². The molecule has 2 nitrogen and oxygen atoms in total. The van der Waals surface area contributed by atoms with Crippen LogP contribution < -0.4 is 0 Å². The number of carbonyl (C=O) groups excluding carboxylic acids is 1. The van der Waals surface area contributed by atoms with Gasteiger partial charge in [0.05, 0.1) is 5.56 Å². The number of allylic oxidation sites excluding steroid dienone is 2. The largest absolute Gasteiger partial charge is 0.425 e. The summed E-state index contributed by atoms with van der Waals surface area (Å²) in [6, 6.07) is 7.96. The van der Waals surface area contributed by atoms with Crippen LogP contribution in [0.5, 0.6) is 0 Å². The van der Waals surface area contributed by atoms with Crippen LogP contribution in [0.3, 0.4) is 0 Å². The zero-order chi connectivity index (χ0) is 15.0. The molecular weight excluding hydrogens is 276 g/mol. The quantitative estimate of drug-likeness (QED) is 0.335. The average molecular weight is 290 g/mol. The Bertz CT molecular complexity index is 452. The zero-order valence-corrected chi connectivity index (χ0v) is 10.6. The lowest BCUT2D eigenvalue weighted by atomic mass is 10.2. The highest BCUT2D eigenvalue weighted by Crippen LogP contribution is 2.22. The first-order chi connectivity index (χ1) is 9.42. The van der Waals surface area contributed by atoms with Gasteiger partial charge in [0.15, 0.2) is 0 Å². The first-order valence-electron chi connectivity index (χ1n) is 6.01. The monoisotopic (exact) mass is 290 g/mol. The molecule has 0 bridgehead atoms. The normalized spacial score (nSPS) is 12.3. The van der Waals surface area contributed by atoms with Gasteiger partial charge >= 0.3 is 12.1 Å². The van der Waals surface area contributed by atoms with Gasteiger partial charge < -0.3 is 4.74 Å². The summed E-state index contributed by atoms with van der Waals surface area (Å²) in [4.78, 5) is 11.6. The average Bonchev–Trinajstić information content (AvgIpc) is 2.42. The molecule has 0 saturated carbocycles. The fraction of sp³-hybridized carbons (Fsp3) is 0.357. The Morgan fingerprint density at radius 2 is 1.85 bits per heavy atom. The lowest BCUT2D eigenvalue weighted by Crippen LogP contribution is -2.07. The standard InChI is InChI=1S/C14H14F4O2/c15-10-12(8-4-5-9-14(16,17)18)20-13(19)11-6-2-1-3-7-11/h1-3,6-8H,4-5,9-10H2. The van der Waals surface area contributed by atoms with Gasteiger partial charge in [0.25, 0.3) is 0 Å². The number of halogens is 4. The Morgan fingerprint density at radius 1 is 1.20 bits per heavy atom. The van der Waals surface area contributed by atoms with Gasteiger partial charge in [-0.2, -0.15) is 13.2 Å². The molecule has 0 aliphatic carbocycles. The van der Waals surface area contributed by atoms with E-state index in [-0.39, 0.29) is 24.2 Å². The Kier molecular flexibility index (Phi) is 6.21. The van der Waals surface area contributed by atoms with Crippen LogP contribution in [0.15, 0.2) is 42.2 Å². The SMILES string of the molecule is O=C(OC(=CCCCC(F)(F)F)CF)c1ccccc1. The molecule has 1 aromatic carbocycles. The van der Waals surface area contributed by atoms with Crippen LogP contribution in [0.1, 0.15) is 29.6 Å². The van der Waals surface area contributed by atoms with E-state index in [1.165, 1.54) is 18.2 Å². The minimum atomic E-state index is -4.23. The minimum absolute atomic E-state index is 0.000826. The molecule has 0 fully saturated rings. The highest BCUT2D eigenvalue weighted by Gasteiger charge is 2.25. The van der Waals surface area contributed by atoms with Gasteiger partial charge in [-0.3, -0.25) is 0 Å². The second-order valence-corrected chi connectivity index (χ2v) is 4.07. The Balaban J connectivity index is 2.48. The molecule has 0 saturated heterocycles. The highest BCUT2D eigenvalue weighted by atomic mass is 19.4. The lowest BCUT2D eigenvalue weighted by Gasteiger charge is -2.06. The number of hydrogen-bond donors (Lipinski definition) is 0. The molecule has 0 unspecified atom stereocenters.